The van der Waals surface area contributed by atoms with E-state index in [1.807, 2.05) is 30.3 Å². The number of fused-ring (bicyclic) bond motifs is 1. The van der Waals surface area contributed by atoms with Gasteiger partial charge in [-0.3, -0.25) is 4.79 Å². The molecule has 2 N–H and O–H groups in total. The number of carboxylic acids is 1. The second-order valence-corrected chi connectivity index (χ2v) is 7.78. The number of hydrogen-bond acceptors (Lipinski definition) is 3. The van der Waals surface area contributed by atoms with Crippen LogP contribution < -0.4 is 10.1 Å². The number of nitrogens with one attached hydrogen (secondary N) is 1. The number of hydrogen-bond donors (Lipinski definition) is 2. The van der Waals surface area contributed by atoms with Crippen LogP contribution in [-0.4, -0.2) is 22.6 Å². The van der Waals surface area contributed by atoms with Crippen molar-refractivity contribution in [3.63, 3.8) is 0 Å². The quantitative estimate of drug-likeness (QED) is 0.659. The van der Waals surface area contributed by atoms with Crippen LogP contribution in [0.15, 0.2) is 66.7 Å². The lowest BCUT2D eigenvalue weighted by Crippen LogP contribution is -2.24. The van der Waals surface area contributed by atoms with E-state index >= 15 is 0 Å². The lowest BCUT2D eigenvalue weighted by molar-refractivity contribution is 0.0696. The Morgan fingerprint density at radius 2 is 1.66 bits per heavy atom. The molecule has 0 spiro atoms. The lowest BCUT2D eigenvalue weighted by atomic mass is 9.97. The predicted molar refractivity (Wildman–Crippen MR) is 112 cm³/mol. The van der Waals surface area contributed by atoms with Crippen LogP contribution in [0.3, 0.4) is 0 Å². The Kier molecular flexibility index (Phi) is 4.59. The molecule has 146 valence electrons. The van der Waals surface area contributed by atoms with Gasteiger partial charge in [-0.2, -0.15) is 0 Å². The molecule has 0 fully saturated rings. The summed E-state index contributed by atoms with van der Waals surface area (Å²) in [6.45, 7) is 4.13. The number of carbonyl (C=O) groups excluding carboxylic acids is 1. The van der Waals surface area contributed by atoms with E-state index in [9.17, 15) is 9.59 Å². The molecule has 1 amide bonds. The second-order valence-electron chi connectivity index (χ2n) is 7.78. The van der Waals surface area contributed by atoms with E-state index in [0.717, 1.165) is 28.9 Å². The van der Waals surface area contributed by atoms with Crippen LogP contribution in [0.1, 0.15) is 40.1 Å². The third-order valence-electron chi connectivity index (χ3n) is 4.89. The fraction of sp³-hybridized carbons (Fsp3) is 0.167. The summed E-state index contributed by atoms with van der Waals surface area (Å²) in [4.78, 5) is 23.8. The van der Waals surface area contributed by atoms with Gasteiger partial charge in [-0.15, -0.1) is 0 Å². The molecule has 0 unspecified atom stereocenters. The highest BCUT2D eigenvalue weighted by atomic mass is 16.5. The Bertz CT molecular complexity index is 1120. The third kappa shape index (κ3) is 3.99. The van der Waals surface area contributed by atoms with Crippen molar-refractivity contribution in [3.05, 3.63) is 83.4 Å². The van der Waals surface area contributed by atoms with Crippen LogP contribution in [0.2, 0.25) is 0 Å². The summed E-state index contributed by atoms with van der Waals surface area (Å²) < 4.78 is 5.93. The molecule has 3 aromatic rings. The molecular weight excluding hydrogens is 366 g/mol. The molecule has 0 aromatic heterocycles. The van der Waals surface area contributed by atoms with Crippen molar-refractivity contribution in [1.29, 1.82) is 0 Å². The SMILES string of the molecule is CC1(C)Cc2cc(-c3cccc(C(=O)Nc4cccc(C(=O)O)c4)c3)ccc2O1. The summed E-state index contributed by atoms with van der Waals surface area (Å²) in [5.41, 5.74) is 3.98. The van der Waals surface area contributed by atoms with Crippen molar-refractivity contribution >= 4 is 17.6 Å². The summed E-state index contributed by atoms with van der Waals surface area (Å²) in [5.74, 6) is -0.419. The number of aromatic carboxylic acids is 1. The fourth-order valence-electron chi connectivity index (χ4n) is 3.56. The van der Waals surface area contributed by atoms with E-state index in [2.05, 4.69) is 25.2 Å². The van der Waals surface area contributed by atoms with Crippen molar-refractivity contribution < 1.29 is 19.4 Å². The largest absolute Gasteiger partial charge is 0.487 e. The maximum Gasteiger partial charge on any atom is 0.335 e. The van der Waals surface area contributed by atoms with Crippen LogP contribution in [0.25, 0.3) is 11.1 Å². The molecule has 5 nitrogen and oxygen atoms in total. The highest BCUT2D eigenvalue weighted by Crippen LogP contribution is 2.37. The van der Waals surface area contributed by atoms with Gasteiger partial charge in [0, 0.05) is 17.7 Å². The molecule has 0 saturated carbocycles. The van der Waals surface area contributed by atoms with E-state index in [0.29, 0.717) is 11.3 Å². The molecule has 1 aliphatic rings. The third-order valence-corrected chi connectivity index (χ3v) is 4.89. The number of rotatable bonds is 4. The van der Waals surface area contributed by atoms with E-state index in [1.165, 1.54) is 12.1 Å². The van der Waals surface area contributed by atoms with Gasteiger partial charge in [-0.1, -0.05) is 24.3 Å². The Labute approximate surface area is 169 Å². The highest BCUT2D eigenvalue weighted by Gasteiger charge is 2.30. The highest BCUT2D eigenvalue weighted by molar-refractivity contribution is 6.05. The Morgan fingerprint density at radius 3 is 2.45 bits per heavy atom. The van der Waals surface area contributed by atoms with Crippen LogP contribution in [0.5, 0.6) is 5.75 Å². The molecule has 0 radical (unpaired) electrons. The van der Waals surface area contributed by atoms with Crippen molar-refractivity contribution in [2.45, 2.75) is 25.9 Å². The van der Waals surface area contributed by atoms with Gasteiger partial charge in [0.25, 0.3) is 5.91 Å². The smallest absolute Gasteiger partial charge is 0.335 e. The Balaban J connectivity index is 1.57. The monoisotopic (exact) mass is 387 g/mol. The van der Waals surface area contributed by atoms with E-state index in [-0.39, 0.29) is 17.1 Å². The molecule has 4 rings (SSSR count). The van der Waals surface area contributed by atoms with E-state index < -0.39 is 5.97 Å². The molecule has 3 aromatic carbocycles. The van der Waals surface area contributed by atoms with Gasteiger partial charge in [-0.25, -0.2) is 4.79 Å². The number of benzene rings is 3. The van der Waals surface area contributed by atoms with Gasteiger partial charge in [0.15, 0.2) is 0 Å². The standard InChI is InChI=1S/C24H21NO4/c1-24(2)14-19-12-16(9-10-21(19)29-24)15-5-3-6-17(11-15)22(26)25-20-8-4-7-18(13-20)23(27)28/h3-13H,14H2,1-2H3,(H,25,26)(H,27,28). The maximum atomic E-state index is 12.7. The number of carbonyl (C=O) groups is 2. The summed E-state index contributed by atoms with van der Waals surface area (Å²) in [6, 6.07) is 19.6. The first kappa shape index (κ1) is 18.7. The summed E-state index contributed by atoms with van der Waals surface area (Å²) >= 11 is 0. The van der Waals surface area contributed by atoms with Gasteiger partial charge in [0.1, 0.15) is 11.4 Å². The Hall–Kier alpha value is -3.60. The molecule has 1 aliphatic heterocycles. The summed E-state index contributed by atoms with van der Waals surface area (Å²) in [7, 11) is 0. The van der Waals surface area contributed by atoms with Crippen LogP contribution in [0.4, 0.5) is 5.69 Å². The zero-order valence-corrected chi connectivity index (χ0v) is 16.2. The average molecular weight is 387 g/mol. The molecule has 5 heteroatoms. The van der Waals surface area contributed by atoms with E-state index in [1.54, 1.807) is 18.2 Å². The second kappa shape index (κ2) is 7.09. The molecule has 1 heterocycles. The molecule has 29 heavy (non-hydrogen) atoms. The minimum atomic E-state index is -1.04. The molecule has 0 saturated heterocycles. The number of amides is 1. The molecule has 0 aliphatic carbocycles. The van der Waals surface area contributed by atoms with Gasteiger partial charge < -0.3 is 15.2 Å². The van der Waals surface area contributed by atoms with E-state index in [4.69, 9.17) is 9.84 Å². The van der Waals surface area contributed by atoms with Crippen LogP contribution in [0, 0.1) is 0 Å². The van der Waals surface area contributed by atoms with Gasteiger partial charge in [0.05, 0.1) is 5.56 Å². The molecule has 0 bridgehead atoms. The number of ether oxygens (including phenoxy) is 1. The minimum absolute atomic E-state index is 0.125. The first-order chi connectivity index (χ1) is 13.8. The fourth-order valence-corrected chi connectivity index (χ4v) is 3.56. The predicted octanol–water partition coefficient (Wildman–Crippen LogP) is 5.02. The van der Waals surface area contributed by atoms with Crippen molar-refractivity contribution in [1.82, 2.24) is 0 Å². The van der Waals surface area contributed by atoms with Crippen molar-refractivity contribution in [2.75, 3.05) is 5.32 Å². The van der Waals surface area contributed by atoms with Crippen LogP contribution >= 0.6 is 0 Å². The zero-order chi connectivity index (χ0) is 20.6. The molecule has 0 atom stereocenters. The first-order valence-corrected chi connectivity index (χ1v) is 9.38. The molecular formula is C24H21NO4. The average Bonchev–Trinajstić information content (AvgIpc) is 3.01. The minimum Gasteiger partial charge on any atom is -0.487 e. The topological polar surface area (TPSA) is 75.6 Å². The zero-order valence-electron chi connectivity index (χ0n) is 16.2. The van der Waals surface area contributed by atoms with Crippen molar-refractivity contribution in [3.8, 4) is 16.9 Å². The summed E-state index contributed by atoms with van der Waals surface area (Å²) in [6.07, 6.45) is 0.844. The van der Waals surface area contributed by atoms with Crippen LogP contribution in [-0.2, 0) is 6.42 Å². The normalized spacial score (nSPS) is 14.0. The number of carboxylic acid groups (broad SMARTS) is 1. The number of anilines is 1. The van der Waals surface area contributed by atoms with Gasteiger partial charge >= 0.3 is 5.97 Å². The van der Waals surface area contributed by atoms with Gasteiger partial charge in [0.2, 0.25) is 0 Å². The van der Waals surface area contributed by atoms with Crippen molar-refractivity contribution in [2.24, 2.45) is 0 Å². The van der Waals surface area contributed by atoms with Gasteiger partial charge in [-0.05, 0) is 73.0 Å². The lowest BCUT2D eigenvalue weighted by Gasteiger charge is -2.16. The summed E-state index contributed by atoms with van der Waals surface area (Å²) in [5, 5.41) is 11.9. The Morgan fingerprint density at radius 1 is 0.931 bits per heavy atom. The first-order valence-electron chi connectivity index (χ1n) is 9.38. The maximum absolute atomic E-state index is 12.7.